The monoisotopic (exact) mass is 332 g/mol. The van der Waals surface area contributed by atoms with Crippen LogP contribution in [-0.4, -0.2) is 15.9 Å². The summed E-state index contributed by atoms with van der Waals surface area (Å²) in [6.45, 7) is 1.93. The van der Waals surface area contributed by atoms with E-state index >= 15 is 0 Å². The number of aryl methyl sites for hydroxylation is 1. The highest BCUT2D eigenvalue weighted by Crippen LogP contribution is 2.25. The number of carbonyl (C=O) groups excluding carboxylic acids is 1. The molecule has 0 saturated carbocycles. The Balaban J connectivity index is 1.97. The lowest BCUT2D eigenvalue weighted by molar-refractivity contribution is 0.102. The molecule has 1 amide bonds. The maximum atomic E-state index is 12.9. The first kappa shape index (κ1) is 16.3. The molecular weight excluding hydrogens is 319 g/mol. The predicted molar refractivity (Wildman–Crippen MR) is 91.3 cm³/mol. The molecule has 0 radical (unpaired) electrons. The number of rotatable bonds is 3. The molecule has 3 rings (SSSR count). The molecule has 0 aliphatic carbocycles. The van der Waals surface area contributed by atoms with E-state index in [1.54, 1.807) is 24.5 Å². The van der Waals surface area contributed by atoms with Crippen LogP contribution in [0.5, 0.6) is 0 Å². The van der Waals surface area contributed by atoms with Crippen LogP contribution in [0.1, 0.15) is 21.5 Å². The third-order valence-corrected chi connectivity index (χ3v) is 3.64. The molecule has 0 unspecified atom stereocenters. The Labute approximate surface area is 143 Å². The average molecular weight is 332 g/mol. The van der Waals surface area contributed by atoms with E-state index in [0.29, 0.717) is 11.1 Å². The zero-order valence-corrected chi connectivity index (χ0v) is 13.3. The molecule has 0 saturated heterocycles. The van der Waals surface area contributed by atoms with E-state index in [1.165, 1.54) is 18.2 Å². The number of aromatic nitrogens is 2. The van der Waals surface area contributed by atoms with E-state index in [-0.39, 0.29) is 5.82 Å². The molecule has 1 aromatic carbocycles. The number of pyridine rings is 2. The summed E-state index contributed by atoms with van der Waals surface area (Å²) in [6, 6.07) is 11.4. The molecule has 3 aromatic rings. The zero-order chi connectivity index (χ0) is 17.8. The van der Waals surface area contributed by atoms with E-state index in [4.69, 9.17) is 0 Å². The molecule has 122 valence electrons. The Morgan fingerprint density at radius 1 is 1.20 bits per heavy atom. The van der Waals surface area contributed by atoms with Crippen molar-refractivity contribution in [2.45, 2.75) is 6.92 Å². The van der Waals surface area contributed by atoms with Crippen molar-refractivity contribution in [3.63, 3.8) is 0 Å². The molecule has 6 heteroatoms. The van der Waals surface area contributed by atoms with Gasteiger partial charge in [0, 0.05) is 23.5 Å². The fourth-order valence-electron chi connectivity index (χ4n) is 2.38. The summed E-state index contributed by atoms with van der Waals surface area (Å²) in [7, 11) is 0. The molecule has 0 aliphatic rings. The molecule has 2 heterocycles. The van der Waals surface area contributed by atoms with Crippen LogP contribution in [0.4, 0.5) is 10.2 Å². The lowest BCUT2D eigenvalue weighted by Gasteiger charge is -2.09. The summed E-state index contributed by atoms with van der Waals surface area (Å²) >= 11 is 0. The first-order chi connectivity index (χ1) is 12.1. The topological polar surface area (TPSA) is 78.7 Å². The highest BCUT2D eigenvalue weighted by atomic mass is 19.1. The fraction of sp³-hybridized carbons (Fsp3) is 0.0526. The fourth-order valence-corrected chi connectivity index (χ4v) is 2.38. The van der Waals surface area contributed by atoms with Crippen LogP contribution >= 0.6 is 0 Å². The van der Waals surface area contributed by atoms with Crippen LogP contribution in [0.15, 0.2) is 55.0 Å². The van der Waals surface area contributed by atoms with E-state index in [2.05, 4.69) is 21.4 Å². The third-order valence-electron chi connectivity index (χ3n) is 3.64. The molecule has 0 aliphatic heterocycles. The average Bonchev–Trinajstić information content (AvgIpc) is 2.63. The zero-order valence-electron chi connectivity index (χ0n) is 13.3. The standard InChI is InChI=1S/C19H13FN4O/c1-12-4-5-22-11-17(12)14-6-13(9-21)7-15(8-14)19(25)24-18-3-2-16(20)10-23-18/h2-8,10-11H,1H3,(H,23,24,25). The largest absolute Gasteiger partial charge is 0.307 e. The van der Waals surface area contributed by atoms with E-state index < -0.39 is 11.7 Å². The first-order valence-corrected chi connectivity index (χ1v) is 7.46. The Morgan fingerprint density at radius 2 is 2.04 bits per heavy atom. The number of halogens is 1. The molecule has 0 bridgehead atoms. The van der Waals surface area contributed by atoms with Gasteiger partial charge >= 0.3 is 0 Å². The number of hydrogen-bond acceptors (Lipinski definition) is 4. The van der Waals surface area contributed by atoms with Gasteiger partial charge < -0.3 is 5.32 Å². The number of nitrogens with one attached hydrogen (secondary N) is 1. The second-order valence-corrected chi connectivity index (χ2v) is 5.42. The number of hydrogen-bond donors (Lipinski definition) is 1. The number of anilines is 1. The smallest absolute Gasteiger partial charge is 0.256 e. The van der Waals surface area contributed by atoms with Crippen molar-refractivity contribution in [2.75, 3.05) is 5.32 Å². The molecule has 25 heavy (non-hydrogen) atoms. The highest BCUT2D eigenvalue weighted by molar-refractivity contribution is 6.04. The predicted octanol–water partition coefficient (Wildman–Crippen LogP) is 3.72. The van der Waals surface area contributed by atoms with Gasteiger partial charge in [0.2, 0.25) is 0 Å². The Kier molecular flexibility index (Phi) is 4.48. The number of nitriles is 1. The number of carbonyl (C=O) groups is 1. The third kappa shape index (κ3) is 3.67. The van der Waals surface area contributed by atoms with Gasteiger partial charge in [-0.05, 0) is 54.4 Å². The van der Waals surface area contributed by atoms with Crippen LogP contribution in [0.3, 0.4) is 0 Å². The van der Waals surface area contributed by atoms with Gasteiger partial charge in [0.15, 0.2) is 0 Å². The van der Waals surface area contributed by atoms with Crippen molar-refractivity contribution in [1.82, 2.24) is 9.97 Å². The minimum absolute atomic E-state index is 0.230. The molecule has 5 nitrogen and oxygen atoms in total. The summed E-state index contributed by atoms with van der Waals surface area (Å²) in [4.78, 5) is 20.4. The summed E-state index contributed by atoms with van der Waals surface area (Å²) in [5.74, 6) is -0.689. The molecule has 1 N–H and O–H groups in total. The van der Waals surface area contributed by atoms with Gasteiger partial charge in [0.25, 0.3) is 5.91 Å². The lowest BCUT2D eigenvalue weighted by atomic mass is 9.98. The van der Waals surface area contributed by atoms with Gasteiger partial charge in [-0.25, -0.2) is 9.37 Å². The second kappa shape index (κ2) is 6.89. The van der Waals surface area contributed by atoms with E-state index in [0.717, 1.165) is 22.9 Å². The van der Waals surface area contributed by atoms with Gasteiger partial charge in [0.05, 0.1) is 17.8 Å². The maximum Gasteiger partial charge on any atom is 0.256 e. The number of amides is 1. The minimum Gasteiger partial charge on any atom is -0.307 e. The van der Waals surface area contributed by atoms with Crippen LogP contribution in [0.2, 0.25) is 0 Å². The summed E-state index contributed by atoms with van der Waals surface area (Å²) in [6.07, 6.45) is 4.39. The van der Waals surface area contributed by atoms with Gasteiger partial charge in [0.1, 0.15) is 11.6 Å². The van der Waals surface area contributed by atoms with Gasteiger partial charge in [-0.3, -0.25) is 9.78 Å². The summed E-state index contributed by atoms with van der Waals surface area (Å²) in [5.41, 5.74) is 3.22. The Morgan fingerprint density at radius 3 is 2.72 bits per heavy atom. The minimum atomic E-state index is -0.487. The van der Waals surface area contributed by atoms with Crippen LogP contribution in [0, 0.1) is 24.1 Å². The van der Waals surface area contributed by atoms with E-state index in [1.807, 2.05) is 13.0 Å². The molecule has 0 spiro atoms. The van der Waals surface area contributed by atoms with Gasteiger partial charge in [-0.2, -0.15) is 5.26 Å². The first-order valence-electron chi connectivity index (χ1n) is 7.46. The van der Waals surface area contributed by atoms with Gasteiger partial charge in [-0.15, -0.1) is 0 Å². The van der Waals surface area contributed by atoms with Crippen LogP contribution < -0.4 is 5.32 Å². The van der Waals surface area contributed by atoms with Crippen molar-refractivity contribution in [3.8, 4) is 17.2 Å². The number of benzene rings is 1. The second-order valence-electron chi connectivity index (χ2n) is 5.42. The highest BCUT2D eigenvalue weighted by Gasteiger charge is 2.12. The van der Waals surface area contributed by atoms with Crippen molar-refractivity contribution >= 4 is 11.7 Å². The van der Waals surface area contributed by atoms with Crippen LogP contribution in [0.25, 0.3) is 11.1 Å². The SMILES string of the molecule is Cc1ccncc1-c1cc(C#N)cc(C(=O)Nc2ccc(F)cn2)c1. The molecule has 0 atom stereocenters. The van der Waals surface area contributed by atoms with E-state index in [9.17, 15) is 14.4 Å². The van der Waals surface area contributed by atoms with Crippen molar-refractivity contribution in [3.05, 3.63) is 77.5 Å². The lowest BCUT2D eigenvalue weighted by Crippen LogP contribution is -2.13. The Bertz CT molecular complexity index is 977. The molecule has 0 fully saturated rings. The number of nitrogens with zero attached hydrogens (tertiary/aromatic N) is 3. The van der Waals surface area contributed by atoms with Gasteiger partial charge in [-0.1, -0.05) is 0 Å². The maximum absolute atomic E-state index is 12.9. The van der Waals surface area contributed by atoms with Crippen LogP contribution in [-0.2, 0) is 0 Å². The normalized spacial score (nSPS) is 10.1. The van der Waals surface area contributed by atoms with Crippen molar-refractivity contribution < 1.29 is 9.18 Å². The summed E-state index contributed by atoms with van der Waals surface area (Å²) in [5, 5.41) is 11.8. The van der Waals surface area contributed by atoms with Crippen molar-refractivity contribution in [1.29, 1.82) is 5.26 Å². The molecular formula is C19H13FN4O. The quantitative estimate of drug-likeness (QED) is 0.793. The molecule has 2 aromatic heterocycles. The van der Waals surface area contributed by atoms with Crippen molar-refractivity contribution in [2.24, 2.45) is 0 Å². The summed E-state index contributed by atoms with van der Waals surface area (Å²) < 4.78 is 12.9. The Hall–Kier alpha value is -3.59.